The molecule has 0 bridgehead atoms. The summed E-state index contributed by atoms with van der Waals surface area (Å²) in [6.45, 7) is 1.73. The van der Waals surface area contributed by atoms with Crippen LogP contribution in [0.25, 0.3) is 0 Å². The van der Waals surface area contributed by atoms with Gasteiger partial charge >= 0.3 is 0 Å². The fraction of sp³-hybridized carbons (Fsp3) is 0.143. The van der Waals surface area contributed by atoms with Crippen molar-refractivity contribution in [2.24, 2.45) is 13.5 Å². The van der Waals surface area contributed by atoms with E-state index in [0.717, 1.165) is 0 Å². The second-order valence-corrected chi connectivity index (χ2v) is 16.6. The molecule has 0 saturated carbocycles. The van der Waals surface area contributed by atoms with Crippen LogP contribution >= 0.6 is 64.0 Å². The van der Waals surface area contributed by atoms with Crippen LogP contribution in [0.3, 0.4) is 0 Å². The van der Waals surface area contributed by atoms with Crippen molar-refractivity contribution in [2.45, 2.75) is 0 Å². The number of benzene rings is 1. The molecule has 2 rings (SSSR count). The van der Waals surface area contributed by atoms with E-state index in [-0.39, 0.29) is 5.82 Å². The molecule has 0 aromatic heterocycles. The Hall–Kier alpha value is 1.00. The van der Waals surface area contributed by atoms with Crippen LogP contribution in [0.4, 0.5) is 4.39 Å². The summed E-state index contributed by atoms with van der Waals surface area (Å²) >= 11 is 24.0. The molecule has 0 saturated heterocycles. The second-order valence-electron chi connectivity index (χ2n) is 3.57. The van der Waals surface area contributed by atoms with Crippen molar-refractivity contribution in [1.29, 1.82) is 0 Å². The lowest BCUT2D eigenvalue weighted by Gasteiger charge is -2.23. The Bertz CT molecular complexity index is 654. The quantitative estimate of drug-likeness (QED) is 0.463. The Labute approximate surface area is 123 Å². The lowest BCUT2D eigenvalue weighted by Crippen LogP contribution is -2.03. The van der Waals surface area contributed by atoms with E-state index in [1.165, 1.54) is 12.1 Å². The van der Waals surface area contributed by atoms with Gasteiger partial charge in [0.15, 0.2) is 0 Å². The Morgan fingerprint density at radius 1 is 1.00 bits per heavy atom. The number of hydrogen-bond acceptors (Lipinski definition) is 3. The summed E-state index contributed by atoms with van der Waals surface area (Å²) in [7, 11) is -2.50. The highest BCUT2D eigenvalue weighted by Gasteiger charge is 2.31. The summed E-state index contributed by atoms with van der Waals surface area (Å²) in [6, 6.07) is 5.94. The van der Waals surface area contributed by atoms with Gasteiger partial charge in [-0.1, -0.05) is 12.1 Å². The smallest absolute Gasteiger partial charge is 0.209 e. The molecule has 1 aromatic rings. The van der Waals surface area contributed by atoms with E-state index in [9.17, 15) is 4.39 Å². The molecule has 3 nitrogen and oxygen atoms in total. The van der Waals surface area contributed by atoms with E-state index in [4.69, 9.17) is 45.0 Å². The first kappa shape index (κ1) is 15.4. The van der Waals surface area contributed by atoms with Gasteiger partial charge in [-0.3, -0.25) is 0 Å². The average molecular weight is 387 g/mol. The van der Waals surface area contributed by atoms with Crippen LogP contribution in [-0.2, 0) is 0 Å². The lowest BCUT2D eigenvalue weighted by molar-refractivity contribution is 0.629. The van der Waals surface area contributed by atoms with E-state index < -0.39 is 19.0 Å². The summed E-state index contributed by atoms with van der Waals surface area (Å²) < 4.78 is 25.7. The predicted molar refractivity (Wildman–Crippen MR) is 83.4 cm³/mol. The molecule has 0 aliphatic carbocycles. The summed E-state index contributed by atoms with van der Waals surface area (Å²) in [6.07, 6.45) is 0. The zero-order valence-electron chi connectivity index (χ0n) is 8.88. The molecule has 0 radical (unpaired) electrons. The number of hydrogen-bond donors (Lipinski definition) is 0. The van der Waals surface area contributed by atoms with E-state index in [0.29, 0.717) is 5.30 Å². The fourth-order valence-corrected chi connectivity index (χ4v) is 18.3. The van der Waals surface area contributed by atoms with Gasteiger partial charge in [-0.2, -0.15) is 4.52 Å². The standard InChI is InChI=1S/C7H7Cl4FN3P3/c1-16(7-4-2-3-6(12)5-7)13-17(8,9)15-18(10,11)14-16/h2-5H,1H3. The second kappa shape index (κ2) is 5.08. The average Bonchev–Trinajstić information content (AvgIpc) is 2.11. The van der Waals surface area contributed by atoms with Gasteiger partial charge in [0, 0.05) is 5.30 Å². The maximum absolute atomic E-state index is 13.3. The SMILES string of the molecule is CP1(c2cccc(F)c2)=NP(Cl)(Cl)=NP(Cl)(Cl)=N1. The molecule has 0 N–H and O–H groups in total. The minimum absolute atomic E-state index is 0.386. The molecule has 0 fully saturated rings. The highest BCUT2D eigenvalue weighted by molar-refractivity contribution is 8.21. The van der Waals surface area contributed by atoms with Gasteiger partial charge in [-0.15, -0.1) is 0 Å². The van der Waals surface area contributed by atoms with Crippen LogP contribution in [0.1, 0.15) is 0 Å². The molecule has 0 amide bonds. The van der Waals surface area contributed by atoms with Gasteiger partial charge in [-0.05, 0) is 63.8 Å². The molecule has 1 aliphatic rings. The van der Waals surface area contributed by atoms with E-state index >= 15 is 0 Å². The highest BCUT2D eigenvalue weighted by Crippen LogP contribution is 2.84. The third-order valence-electron chi connectivity index (χ3n) is 2.08. The minimum Gasteiger partial charge on any atom is -0.209 e. The van der Waals surface area contributed by atoms with Crippen LogP contribution in [0, 0.1) is 5.82 Å². The van der Waals surface area contributed by atoms with Crippen molar-refractivity contribution in [3.63, 3.8) is 0 Å². The largest absolute Gasteiger partial charge is 0.255 e. The molecular formula is C7H7Cl4FN3P3. The van der Waals surface area contributed by atoms with Crippen LogP contribution in [0.5, 0.6) is 0 Å². The van der Waals surface area contributed by atoms with Gasteiger partial charge in [0.1, 0.15) is 13.0 Å². The molecule has 1 heterocycles. The molecule has 1 aliphatic heterocycles. The van der Waals surface area contributed by atoms with E-state index in [1.54, 1.807) is 18.8 Å². The zero-order chi connectivity index (χ0) is 13.6. The molecule has 18 heavy (non-hydrogen) atoms. The molecule has 1 aromatic carbocycles. The summed E-state index contributed by atoms with van der Waals surface area (Å²) in [5.74, 6) is -6.28. The first-order chi connectivity index (χ1) is 8.12. The van der Waals surface area contributed by atoms with Crippen LogP contribution in [-0.4, -0.2) is 6.66 Å². The molecule has 11 heteroatoms. The lowest BCUT2D eigenvalue weighted by atomic mass is 10.4. The predicted octanol–water partition coefficient (Wildman–Crippen LogP) is 7.06. The fourth-order valence-electron chi connectivity index (χ4n) is 1.45. The van der Waals surface area contributed by atoms with Gasteiger partial charge in [0.25, 0.3) is 11.8 Å². The topological polar surface area (TPSA) is 37.1 Å². The van der Waals surface area contributed by atoms with Gasteiger partial charge in [0.05, 0.1) is 0 Å². The Morgan fingerprint density at radius 2 is 1.61 bits per heavy atom. The number of rotatable bonds is 1. The van der Waals surface area contributed by atoms with Crippen molar-refractivity contribution < 1.29 is 4.39 Å². The van der Waals surface area contributed by atoms with Crippen LogP contribution < -0.4 is 5.30 Å². The minimum atomic E-state index is -2.95. The Kier molecular flexibility index (Phi) is 4.34. The molecule has 1 unspecified atom stereocenters. The third-order valence-corrected chi connectivity index (χ3v) is 14.4. The Balaban J connectivity index is 2.74. The normalized spacial score (nSPS) is 28.8. The van der Waals surface area contributed by atoms with Crippen molar-refractivity contribution in [2.75, 3.05) is 6.66 Å². The monoisotopic (exact) mass is 385 g/mol. The highest BCUT2D eigenvalue weighted by atomic mass is 35.9. The van der Waals surface area contributed by atoms with Crippen LogP contribution in [0.2, 0.25) is 0 Å². The summed E-state index contributed by atoms with van der Waals surface area (Å²) in [5.41, 5.74) is 0. The zero-order valence-corrected chi connectivity index (χ0v) is 14.6. The first-order valence-electron chi connectivity index (χ1n) is 4.56. The summed E-state index contributed by atoms with van der Waals surface area (Å²) in [5, 5.41) is 0.591. The van der Waals surface area contributed by atoms with Crippen molar-refractivity contribution >= 4 is 69.3 Å². The third kappa shape index (κ3) is 3.55. The van der Waals surface area contributed by atoms with Crippen molar-refractivity contribution in [3.05, 3.63) is 30.1 Å². The van der Waals surface area contributed by atoms with Gasteiger partial charge < -0.3 is 0 Å². The Morgan fingerprint density at radius 3 is 2.17 bits per heavy atom. The first-order valence-corrected chi connectivity index (χ1v) is 13.7. The molecular weight excluding hydrogens is 380 g/mol. The van der Waals surface area contributed by atoms with E-state index in [2.05, 4.69) is 13.5 Å². The maximum Gasteiger partial charge on any atom is 0.255 e. The molecule has 0 spiro atoms. The van der Waals surface area contributed by atoms with E-state index in [1.807, 2.05) is 0 Å². The van der Waals surface area contributed by atoms with Crippen molar-refractivity contribution in [3.8, 4) is 0 Å². The van der Waals surface area contributed by atoms with Gasteiger partial charge in [-0.25, -0.2) is 13.4 Å². The maximum atomic E-state index is 13.3. The molecule has 1 atom stereocenters. The van der Waals surface area contributed by atoms with Gasteiger partial charge in [0.2, 0.25) is 0 Å². The van der Waals surface area contributed by atoms with Crippen LogP contribution in [0.15, 0.2) is 37.8 Å². The number of nitrogens with zero attached hydrogens (tertiary/aromatic N) is 3. The summed E-state index contributed by atoms with van der Waals surface area (Å²) in [4.78, 5) is 0. The van der Waals surface area contributed by atoms with Crippen molar-refractivity contribution in [1.82, 2.24) is 0 Å². The number of halogens is 5. The molecule has 100 valence electrons.